The number of fused-ring (bicyclic) bond motifs is 2. The van der Waals surface area contributed by atoms with Crippen molar-refractivity contribution in [1.29, 1.82) is 0 Å². The van der Waals surface area contributed by atoms with Gasteiger partial charge >= 0.3 is 18.4 Å². The molecule has 2 aromatic carbocycles. The fourth-order valence-electron chi connectivity index (χ4n) is 5.73. The number of nitrogens with one attached hydrogen (secondary N) is 1. The number of rotatable bonds is 5. The predicted octanol–water partition coefficient (Wildman–Crippen LogP) is 7.55. The summed E-state index contributed by atoms with van der Waals surface area (Å²) < 4.78 is 81.0. The van der Waals surface area contributed by atoms with Gasteiger partial charge in [0.2, 0.25) is 0 Å². The van der Waals surface area contributed by atoms with Gasteiger partial charge in [-0.1, -0.05) is 42.0 Å². The summed E-state index contributed by atoms with van der Waals surface area (Å²) in [4.78, 5) is 20.7. The molecule has 0 unspecified atom stereocenters. The summed E-state index contributed by atoms with van der Waals surface area (Å²) in [7, 11) is 0. The lowest BCUT2D eigenvalue weighted by Crippen LogP contribution is -2.48. The maximum Gasteiger partial charge on any atom is 0.416 e. The molecule has 5 rings (SSSR count). The molecule has 1 aromatic heterocycles. The Morgan fingerprint density at radius 2 is 1.71 bits per heavy atom. The Morgan fingerprint density at radius 3 is 2.36 bits per heavy atom. The second-order valence-electron chi connectivity index (χ2n) is 10.5. The summed E-state index contributed by atoms with van der Waals surface area (Å²) in [6.07, 6.45) is -3.11. The van der Waals surface area contributed by atoms with Crippen molar-refractivity contribution in [3.8, 4) is 0 Å². The number of halogens is 7. The minimum absolute atomic E-state index is 0.119. The quantitative estimate of drug-likeness (QED) is 0.240. The number of nitrogens with zero attached hydrogens (tertiary/aromatic N) is 3. The number of pyridine rings is 1. The van der Waals surface area contributed by atoms with Gasteiger partial charge in [0.25, 0.3) is 0 Å². The van der Waals surface area contributed by atoms with Gasteiger partial charge in [-0.25, -0.2) is 9.78 Å². The fourth-order valence-corrected chi connectivity index (χ4v) is 5.92. The fraction of sp³-hybridized carbons (Fsp3) is 0.333. The molecule has 2 amide bonds. The number of urea groups is 1. The number of anilines is 1. The maximum absolute atomic E-state index is 14.2. The molecule has 222 valence electrons. The lowest BCUT2D eigenvalue weighted by molar-refractivity contribution is -0.139. The molecular weight excluding hydrogens is 582 g/mol. The second kappa shape index (κ2) is 11.6. The van der Waals surface area contributed by atoms with Gasteiger partial charge in [-0.3, -0.25) is 9.80 Å². The second-order valence-corrected chi connectivity index (χ2v) is 10.9. The molecule has 2 aliphatic rings. The molecule has 3 aromatic rings. The number of piperidine rings is 1. The minimum Gasteiger partial charge on any atom is -0.334 e. The number of carbonyl (C=O) groups excluding carboxylic acids is 1. The third-order valence-electron chi connectivity index (χ3n) is 7.83. The molecule has 0 atom stereocenters. The number of hydrogen-bond donors (Lipinski definition) is 1. The third kappa shape index (κ3) is 6.42. The Hall–Kier alpha value is -3.57. The zero-order valence-corrected chi connectivity index (χ0v) is 23.0. The van der Waals surface area contributed by atoms with Gasteiger partial charge in [0.1, 0.15) is 5.15 Å². The number of benzene rings is 2. The van der Waals surface area contributed by atoms with Crippen molar-refractivity contribution < 1.29 is 31.1 Å². The molecule has 1 N–H and O–H groups in total. The van der Waals surface area contributed by atoms with Crippen LogP contribution in [0, 0.1) is 0 Å². The number of amides is 2. The highest BCUT2D eigenvalue weighted by atomic mass is 35.5. The number of likely N-dealkylation sites (tertiary alicyclic amines) is 1. The first-order valence-electron chi connectivity index (χ1n) is 13.3. The van der Waals surface area contributed by atoms with Crippen LogP contribution < -0.4 is 10.2 Å². The van der Waals surface area contributed by atoms with Crippen LogP contribution in [0.5, 0.6) is 0 Å². The molecule has 5 nitrogen and oxygen atoms in total. The Labute approximate surface area is 243 Å². The van der Waals surface area contributed by atoms with E-state index in [1.54, 1.807) is 24.3 Å². The smallest absolute Gasteiger partial charge is 0.334 e. The Kier molecular flexibility index (Phi) is 8.26. The third-order valence-corrected chi connectivity index (χ3v) is 8.04. The Balaban J connectivity index is 1.29. The minimum atomic E-state index is -4.58. The van der Waals surface area contributed by atoms with Crippen LogP contribution in [0.2, 0.25) is 5.15 Å². The number of aromatic nitrogens is 1. The summed E-state index contributed by atoms with van der Waals surface area (Å²) in [6.45, 7) is 1.73. The highest BCUT2D eigenvalue weighted by Crippen LogP contribution is 2.51. The Bertz CT molecular complexity index is 1460. The monoisotopic (exact) mass is 608 g/mol. The van der Waals surface area contributed by atoms with Gasteiger partial charge < -0.3 is 5.32 Å². The highest BCUT2D eigenvalue weighted by Gasteiger charge is 2.51. The summed E-state index contributed by atoms with van der Waals surface area (Å²) in [5.74, 6) is 0. The summed E-state index contributed by atoms with van der Waals surface area (Å²) in [5, 5.41) is 3.06. The normalized spacial score (nSPS) is 17.2. The van der Waals surface area contributed by atoms with Crippen molar-refractivity contribution in [2.75, 3.05) is 31.1 Å². The van der Waals surface area contributed by atoms with E-state index < -0.39 is 34.9 Å². The van der Waals surface area contributed by atoms with Crippen LogP contribution in [0.3, 0.4) is 0 Å². The number of alkyl halides is 6. The highest BCUT2D eigenvalue weighted by molar-refractivity contribution is 6.29. The molecule has 42 heavy (non-hydrogen) atoms. The van der Waals surface area contributed by atoms with Crippen LogP contribution in [-0.4, -0.2) is 42.1 Å². The zero-order chi connectivity index (χ0) is 30.1. The molecule has 2 aliphatic heterocycles. The van der Waals surface area contributed by atoms with Crippen LogP contribution in [0.1, 0.15) is 40.7 Å². The van der Waals surface area contributed by atoms with Crippen molar-refractivity contribution in [3.05, 3.63) is 99.8 Å². The van der Waals surface area contributed by atoms with Gasteiger partial charge in [0, 0.05) is 36.9 Å². The summed E-state index contributed by atoms with van der Waals surface area (Å²) in [6, 6.07) is 11.6. The Morgan fingerprint density at radius 1 is 1.00 bits per heavy atom. The average Bonchev–Trinajstić information content (AvgIpc) is 3.26. The van der Waals surface area contributed by atoms with E-state index in [4.69, 9.17) is 11.6 Å². The van der Waals surface area contributed by atoms with E-state index in [0.29, 0.717) is 43.6 Å². The van der Waals surface area contributed by atoms with Gasteiger partial charge in [-0.15, -0.1) is 0 Å². The maximum atomic E-state index is 14.2. The van der Waals surface area contributed by atoms with Crippen molar-refractivity contribution in [3.63, 3.8) is 0 Å². The van der Waals surface area contributed by atoms with Crippen molar-refractivity contribution >= 4 is 29.4 Å². The first-order chi connectivity index (χ1) is 19.9. The van der Waals surface area contributed by atoms with Gasteiger partial charge in [-0.2, -0.15) is 26.3 Å². The van der Waals surface area contributed by atoms with E-state index in [0.717, 1.165) is 18.2 Å². The molecule has 0 saturated carbocycles. The van der Waals surface area contributed by atoms with Crippen LogP contribution in [-0.2, 0) is 24.3 Å². The number of hydrogen-bond acceptors (Lipinski definition) is 3. The molecule has 0 aliphatic carbocycles. The van der Waals surface area contributed by atoms with E-state index in [9.17, 15) is 31.1 Å². The largest absolute Gasteiger partial charge is 0.416 e. The van der Waals surface area contributed by atoms with Crippen LogP contribution in [0.15, 0.2) is 66.9 Å². The lowest BCUT2D eigenvalue weighted by atomic mass is 9.72. The molecule has 1 saturated heterocycles. The molecule has 1 fully saturated rings. The van der Waals surface area contributed by atoms with E-state index >= 15 is 0 Å². The van der Waals surface area contributed by atoms with E-state index in [1.807, 2.05) is 6.08 Å². The van der Waals surface area contributed by atoms with Crippen LogP contribution in [0.4, 0.5) is 36.8 Å². The van der Waals surface area contributed by atoms with Crippen molar-refractivity contribution in [1.82, 2.24) is 15.2 Å². The summed E-state index contributed by atoms with van der Waals surface area (Å²) in [5.41, 5.74) is -0.588. The first kappa shape index (κ1) is 29.9. The molecular formula is C30H27ClF6N4O. The zero-order valence-electron chi connectivity index (χ0n) is 22.3. The van der Waals surface area contributed by atoms with Gasteiger partial charge in [0.15, 0.2) is 0 Å². The van der Waals surface area contributed by atoms with Crippen LogP contribution in [0.25, 0.3) is 6.08 Å². The molecule has 3 heterocycles. The SMILES string of the molecule is O=C(NCc1ccnc(Cl)c1)N1CC2(CCN(C/C=C/c3ccc(C(F)(F)F)cc3)CC2)c2c1cccc2C(F)(F)F. The van der Waals surface area contributed by atoms with E-state index in [-0.39, 0.29) is 29.5 Å². The van der Waals surface area contributed by atoms with Gasteiger partial charge in [-0.05, 0) is 79.0 Å². The van der Waals surface area contributed by atoms with Crippen molar-refractivity contribution in [2.24, 2.45) is 0 Å². The predicted molar refractivity (Wildman–Crippen MR) is 148 cm³/mol. The standard InChI is InChI=1S/C30H27ClF6N4O/c31-25-17-21(10-13-38-25)18-39-27(42)41-19-28(26-23(30(35,36)37)4-1-5-24(26)41)11-15-40(16-12-28)14-2-3-20-6-8-22(9-7-20)29(32,33)34/h1-10,13,17H,11-12,14-16,18-19H2,(H,39,42)/b3-2+. The van der Waals surface area contributed by atoms with E-state index in [1.165, 1.54) is 29.3 Å². The molecule has 12 heteroatoms. The molecule has 0 bridgehead atoms. The lowest BCUT2D eigenvalue weighted by Gasteiger charge is -2.40. The van der Waals surface area contributed by atoms with E-state index in [2.05, 4.69) is 15.2 Å². The first-order valence-corrected chi connectivity index (χ1v) is 13.7. The topological polar surface area (TPSA) is 48.5 Å². The molecule has 0 radical (unpaired) electrons. The van der Waals surface area contributed by atoms with Crippen LogP contribution >= 0.6 is 11.6 Å². The van der Waals surface area contributed by atoms with Crippen molar-refractivity contribution in [2.45, 2.75) is 37.2 Å². The van der Waals surface area contributed by atoms with Gasteiger partial charge in [0.05, 0.1) is 11.1 Å². The summed E-state index contributed by atoms with van der Waals surface area (Å²) >= 11 is 5.92. The average molecular weight is 609 g/mol. The number of carbonyl (C=O) groups is 1. The molecule has 1 spiro atoms.